The van der Waals surface area contributed by atoms with E-state index in [1.165, 1.54) is 43.6 Å². The number of thiazole rings is 1. The summed E-state index contributed by atoms with van der Waals surface area (Å²) < 4.78 is 44.8. The van der Waals surface area contributed by atoms with Crippen molar-refractivity contribution in [3.63, 3.8) is 0 Å². The third kappa shape index (κ3) is 6.65. The Morgan fingerprint density at radius 2 is 1.68 bits per heavy atom. The highest BCUT2D eigenvalue weighted by molar-refractivity contribution is 7.92. The first-order valence-electron chi connectivity index (χ1n) is 10.6. The van der Waals surface area contributed by atoms with Crippen molar-refractivity contribution in [2.45, 2.75) is 0 Å². The minimum atomic E-state index is -3.63. The Morgan fingerprint density at radius 3 is 2.32 bits per heavy atom. The van der Waals surface area contributed by atoms with E-state index in [1.807, 2.05) is 0 Å². The van der Waals surface area contributed by atoms with Gasteiger partial charge in [-0.15, -0.1) is 0 Å². The first-order chi connectivity index (χ1) is 17.6. The first kappa shape index (κ1) is 25.7. The van der Waals surface area contributed by atoms with Gasteiger partial charge in [-0.1, -0.05) is 23.5 Å². The molecule has 0 saturated carbocycles. The zero-order chi connectivity index (χ0) is 26.6. The molecule has 0 spiro atoms. The topological polar surface area (TPSA) is 139 Å². The summed E-state index contributed by atoms with van der Waals surface area (Å²) in [5.41, 5.74) is 1.10. The van der Waals surface area contributed by atoms with E-state index < -0.39 is 21.7 Å². The summed E-state index contributed by atoms with van der Waals surface area (Å²) in [6.45, 7) is 0. The van der Waals surface area contributed by atoms with Gasteiger partial charge in [-0.05, 0) is 48.0 Å². The summed E-state index contributed by atoms with van der Waals surface area (Å²) in [5.74, 6) is -0.529. The molecule has 0 aliphatic rings. The fourth-order valence-corrected chi connectivity index (χ4v) is 4.94. The molecule has 2 amide bonds. The average molecular weight is 542 g/mol. The van der Waals surface area contributed by atoms with Crippen molar-refractivity contribution in [3.8, 4) is 21.9 Å². The number of rotatable bonds is 8. The molecule has 4 rings (SSSR count). The number of anilines is 2. The van der Waals surface area contributed by atoms with Gasteiger partial charge in [-0.2, -0.15) is 0 Å². The van der Waals surface area contributed by atoms with Crippen LogP contribution in [0, 0.1) is 5.82 Å². The van der Waals surface area contributed by atoms with E-state index >= 15 is 0 Å². The van der Waals surface area contributed by atoms with Gasteiger partial charge in [0.1, 0.15) is 28.7 Å². The summed E-state index contributed by atoms with van der Waals surface area (Å²) in [4.78, 5) is 33.3. The highest BCUT2D eigenvalue weighted by Crippen LogP contribution is 2.34. The van der Waals surface area contributed by atoms with E-state index in [1.54, 1.807) is 30.3 Å². The van der Waals surface area contributed by atoms with Crippen LogP contribution in [0.25, 0.3) is 10.4 Å². The minimum absolute atomic E-state index is 0.00389. The lowest BCUT2D eigenvalue weighted by molar-refractivity contribution is 0.0957. The SMILES string of the molecule is CNC(=O)c1cc(Oc2ccc(NC(=O)c3nc(NS(C)(=O)=O)sc3-c3ccc(F)cc3)cc2)ccn1. The molecule has 0 bridgehead atoms. The van der Waals surface area contributed by atoms with Gasteiger partial charge in [0, 0.05) is 25.0 Å². The molecule has 37 heavy (non-hydrogen) atoms. The predicted molar refractivity (Wildman–Crippen MR) is 138 cm³/mol. The lowest BCUT2D eigenvalue weighted by atomic mass is 10.1. The number of sulfonamides is 1. The lowest BCUT2D eigenvalue weighted by Crippen LogP contribution is -2.18. The second kappa shape index (κ2) is 10.7. The van der Waals surface area contributed by atoms with E-state index in [0.717, 1.165) is 17.6 Å². The Balaban J connectivity index is 1.53. The molecule has 0 radical (unpaired) electrons. The molecule has 2 aromatic heterocycles. The molecule has 0 aliphatic carbocycles. The number of ether oxygens (including phenoxy) is 1. The molecule has 190 valence electrons. The maximum absolute atomic E-state index is 13.4. The van der Waals surface area contributed by atoms with E-state index in [-0.39, 0.29) is 22.4 Å². The largest absolute Gasteiger partial charge is 0.457 e. The molecule has 13 heteroatoms. The van der Waals surface area contributed by atoms with Crippen molar-refractivity contribution in [3.05, 3.63) is 84.1 Å². The Kier molecular flexibility index (Phi) is 7.45. The molecule has 0 unspecified atom stereocenters. The maximum Gasteiger partial charge on any atom is 0.275 e. The Hall–Kier alpha value is -4.36. The van der Waals surface area contributed by atoms with Crippen molar-refractivity contribution in [1.29, 1.82) is 0 Å². The Labute approximate surface area is 215 Å². The molecule has 0 saturated heterocycles. The van der Waals surface area contributed by atoms with Crippen molar-refractivity contribution >= 4 is 44.0 Å². The molecule has 3 N–H and O–H groups in total. The number of nitrogens with zero attached hydrogens (tertiary/aromatic N) is 2. The van der Waals surface area contributed by atoms with Crippen LogP contribution in [0.15, 0.2) is 66.9 Å². The highest BCUT2D eigenvalue weighted by Gasteiger charge is 2.21. The monoisotopic (exact) mass is 541 g/mol. The van der Waals surface area contributed by atoms with Gasteiger partial charge >= 0.3 is 0 Å². The van der Waals surface area contributed by atoms with Crippen LogP contribution in [0.2, 0.25) is 0 Å². The molecular formula is C24H20FN5O5S2. The van der Waals surface area contributed by atoms with Crippen LogP contribution in [-0.2, 0) is 10.0 Å². The summed E-state index contributed by atoms with van der Waals surface area (Å²) in [5, 5.41) is 5.21. The number of pyridine rings is 1. The van der Waals surface area contributed by atoms with Crippen LogP contribution in [0.4, 0.5) is 15.2 Å². The number of carbonyl (C=O) groups excluding carboxylic acids is 2. The van der Waals surface area contributed by atoms with Crippen LogP contribution in [0.1, 0.15) is 21.0 Å². The molecule has 0 fully saturated rings. The predicted octanol–water partition coefficient (Wildman–Crippen LogP) is 4.12. The third-order valence-electron chi connectivity index (χ3n) is 4.76. The third-order valence-corrected chi connectivity index (χ3v) is 6.47. The molecule has 2 aromatic carbocycles. The zero-order valence-corrected chi connectivity index (χ0v) is 21.1. The molecular weight excluding hydrogens is 521 g/mol. The lowest BCUT2D eigenvalue weighted by Gasteiger charge is -2.09. The van der Waals surface area contributed by atoms with Crippen molar-refractivity contribution in [2.24, 2.45) is 0 Å². The standard InChI is InChI=1S/C24H20FN5O5S2/c1-26-22(31)19-13-18(11-12-27-19)35-17-9-7-16(8-10-17)28-23(32)20-21(14-3-5-15(25)6-4-14)36-24(29-20)30-37(2,33)34/h3-13H,1-2H3,(H,26,31)(H,28,32)(H,29,30). The average Bonchev–Trinajstić information content (AvgIpc) is 3.27. The number of carbonyl (C=O) groups is 2. The minimum Gasteiger partial charge on any atom is -0.457 e. The van der Waals surface area contributed by atoms with Gasteiger partial charge in [-0.3, -0.25) is 19.3 Å². The fourth-order valence-electron chi connectivity index (χ4n) is 3.13. The smallest absolute Gasteiger partial charge is 0.275 e. The van der Waals surface area contributed by atoms with E-state index in [9.17, 15) is 22.4 Å². The van der Waals surface area contributed by atoms with Crippen molar-refractivity contribution < 1.29 is 27.1 Å². The van der Waals surface area contributed by atoms with Gasteiger partial charge in [0.25, 0.3) is 11.8 Å². The molecule has 10 nitrogen and oxygen atoms in total. The number of amides is 2. The molecule has 0 atom stereocenters. The van der Waals surface area contributed by atoms with Crippen LogP contribution < -0.4 is 20.1 Å². The molecule has 4 aromatic rings. The van der Waals surface area contributed by atoms with Gasteiger partial charge in [0.15, 0.2) is 5.13 Å². The van der Waals surface area contributed by atoms with Gasteiger partial charge in [0.2, 0.25) is 10.0 Å². The van der Waals surface area contributed by atoms with Crippen LogP contribution in [0.3, 0.4) is 0 Å². The highest BCUT2D eigenvalue weighted by atomic mass is 32.2. The van der Waals surface area contributed by atoms with Crippen LogP contribution in [0.5, 0.6) is 11.5 Å². The number of aromatic nitrogens is 2. The van der Waals surface area contributed by atoms with Gasteiger partial charge in [-0.25, -0.2) is 17.8 Å². The summed E-state index contributed by atoms with van der Waals surface area (Å²) in [7, 11) is -2.13. The maximum atomic E-state index is 13.4. The number of halogens is 1. The van der Waals surface area contributed by atoms with Crippen molar-refractivity contribution in [1.82, 2.24) is 15.3 Å². The number of nitrogens with one attached hydrogen (secondary N) is 3. The van der Waals surface area contributed by atoms with Gasteiger partial charge < -0.3 is 15.4 Å². The molecule has 0 aliphatic heterocycles. The van der Waals surface area contributed by atoms with Crippen LogP contribution >= 0.6 is 11.3 Å². The second-order valence-corrected chi connectivity index (χ2v) is 10.4. The van der Waals surface area contributed by atoms with E-state index in [4.69, 9.17) is 4.74 Å². The molecule has 2 heterocycles. The summed E-state index contributed by atoms with van der Waals surface area (Å²) in [6.07, 6.45) is 2.43. The Bertz CT molecular complexity index is 1560. The van der Waals surface area contributed by atoms with Crippen LogP contribution in [-0.4, -0.2) is 43.5 Å². The van der Waals surface area contributed by atoms with Crippen molar-refractivity contribution in [2.75, 3.05) is 23.3 Å². The number of benzene rings is 2. The summed E-state index contributed by atoms with van der Waals surface area (Å²) >= 11 is 0.954. The van der Waals surface area contributed by atoms with E-state index in [0.29, 0.717) is 27.6 Å². The fraction of sp³-hybridized carbons (Fsp3) is 0.0833. The van der Waals surface area contributed by atoms with Gasteiger partial charge in [0.05, 0.1) is 11.1 Å². The summed E-state index contributed by atoms with van der Waals surface area (Å²) in [6, 6.07) is 15.0. The normalized spacial score (nSPS) is 11.0. The quantitative estimate of drug-likeness (QED) is 0.305. The number of hydrogen-bond donors (Lipinski definition) is 3. The first-order valence-corrected chi connectivity index (χ1v) is 13.3. The van der Waals surface area contributed by atoms with E-state index in [2.05, 4.69) is 25.3 Å². The zero-order valence-electron chi connectivity index (χ0n) is 19.5. The second-order valence-electron chi connectivity index (χ2n) is 7.61. The number of hydrogen-bond acceptors (Lipinski definition) is 8. The Morgan fingerprint density at radius 1 is 0.973 bits per heavy atom.